The smallest absolute Gasteiger partial charge is 0.484 e. The maximum Gasteiger partial charge on any atom is 0.495 e. The number of halogens is 4. The van der Waals surface area contributed by atoms with Gasteiger partial charge in [0.25, 0.3) is 0 Å². The van der Waals surface area contributed by atoms with Gasteiger partial charge in [0.1, 0.15) is 10.4 Å². The zero-order valence-electron chi connectivity index (χ0n) is 7.70. The van der Waals surface area contributed by atoms with Gasteiger partial charge in [-0.2, -0.15) is 13.2 Å². The third kappa shape index (κ3) is 3.65. The lowest BCUT2D eigenvalue weighted by atomic mass is 9.81. The lowest BCUT2D eigenvalue weighted by Crippen LogP contribution is -2.34. The highest BCUT2D eigenvalue weighted by Gasteiger charge is 2.30. The van der Waals surface area contributed by atoms with Crippen LogP contribution >= 0.6 is 15.9 Å². The van der Waals surface area contributed by atoms with Gasteiger partial charge in [-0.15, -0.1) is 0 Å². The van der Waals surface area contributed by atoms with Gasteiger partial charge in [-0.25, -0.2) is 4.98 Å². The Hall–Kier alpha value is -0.795. The van der Waals surface area contributed by atoms with Crippen LogP contribution in [-0.4, -0.2) is 34.9 Å². The standard InChI is InChI=1S/C7H6BBrF3NO3/c9-6-5(8(14)15)4(1-2-13-6)16-3-7(10,11)12/h1-2,14-15H,3H2. The van der Waals surface area contributed by atoms with Crippen LogP contribution in [0, 0.1) is 0 Å². The summed E-state index contributed by atoms with van der Waals surface area (Å²) in [7, 11) is -1.97. The van der Waals surface area contributed by atoms with Crippen LogP contribution < -0.4 is 10.2 Å². The van der Waals surface area contributed by atoms with Crippen molar-refractivity contribution in [2.24, 2.45) is 0 Å². The van der Waals surface area contributed by atoms with Crippen molar-refractivity contribution in [2.45, 2.75) is 6.18 Å². The largest absolute Gasteiger partial charge is 0.495 e. The van der Waals surface area contributed by atoms with Gasteiger partial charge in [-0.05, 0) is 22.0 Å². The fourth-order valence-corrected chi connectivity index (χ4v) is 1.47. The summed E-state index contributed by atoms with van der Waals surface area (Å²) >= 11 is 2.88. The first-order valence-corrected chi connectivity index (χ1v) is 4.80. The highest BCUT2D eigenvalue weighted by Crippen LogP contribution is 2.19. The van der Waals surface area contributed by atoms with E-state index in [-0.39, 0.29) is 15.8 Å². The van der Waals surface area contributed by atoms with E-state index in [9.17, 15) is 13.2 Å². The maximum absolute atomic E-state index is 11.9. The van der Waals surface area contributed by atoms with E-state index >= 15 is 0 Å². The third-order valence-corrected chi connectivity index (χ3v) is 2.18. The predicted octanol–water partition coefficient (Wildman–Crippen LogP) is 0.465. The van der Waals surface area contributed by atoms with Gasteiger partial charge in [0.2, 0.25) is 0 Å². The molecule has 0 amide bonds. The molecule has 4 nitrogen and oxygen atoms in total. The SMILES string of the molecule is OB(O)c1c(OCC(F)(F)F)ccnc1Br. The van der Waals surface area contributed by atoms with Gasteiger partial charge in [0.05, 0.1) is 5.46 Å². The summed E-state index contributed by atoms with van der Waals surface area (Å²) in [4.78, 5) is 3.64. The van der Waals surface area contributed by atoms with Gasteiger partial charge < -0.3 is 14.8 Å². The highest BCUT2D eigenvalue weighted by atomic mass is 79.9. The Bertz CT molecular complexity index is 374. The van der Waals surface area contributed by atoms with E-state index in [1.165, 1.54) is 6.20 Å². The molecule has 0 bridgehead atoms. The number of hydrogen-bond donors (Lipinski definition) is 2. The third-order valence-electron chi connectivity index (χ3n) is 1.55. The Balaban J connectivity index is 2.91. The van der Waals surface area contributed by atoms with E-state index in [4.69, 9.17) is 10.0 Å². The minimum Gasteiger partial charge on any atom is -0.484 e. The van der Waals surface area contributed by atoms with E-state index in [0.717, 1.165) is 6.07 Å². The number of aromatic nitrogens is 1. The molecule has 0 fully saturated rings. The molecule has 0 aromatic carbocycles. The van der Waals surface area contributed by atoms with Crippen molar-refractivity contribution in [3.63, 3.8) is 0 Å². The summed E-state index contributed by atoms with van der Waals surface area (Å²) in [5.41, 5.74) is -0.244. The molecule has 9 heteroatoms. The molecule has 2 N–H and O–H groups in total. The van der Waals surface area contributed by atoms with Crippen LogP contribution in [0.3, 0.4) is 0 Å². The number of rotatable bonds is 3. The van der Waals surface area contributed by atoms with Crippen molar-refractivity contribution >= 4 is 28.5 Å². The molecular weight excluding hydrogens is 294 g/mol. The van der Waals surface area contributed by atoms with E-state index in [1.807, 2.05) is 0 Å². The van der Waals surface area contributed by atoms with Gasteiger partial charge in [-0.1, -0.05) is 0 Å². The maximum atomic E-state index is 11.9. The molecule has 0 saturated carbocycles. The van der Waals surface area contributed by atoms with Crippen LogP contribution in [-0.2, 0) is 0 Å². The first kappa shape index (κ1) is 13.3. The van der Waals surface area contributed by atoms with E-state index in [2.05, 4.69) is 25.7 Å². The fraction of sp³-hybridized carbons (Fsp3) is 0.286. The normalized spacial score (nSPS) is 11.4. The van der Waals surface area contributed by atoms with Gasteiger partial charge >= 0.3 is 13.3 Å². The van der Waals surface area contributed by atoms with Gasteiger partial charge in [-0.3, -0.25) is 0 Å². The summed E-state index contributed by atoms with van der Waals surface area (Å²) in [5, 5.41) is 17.9. The van der Waals surface area contributed by atoms with Crippen molar-refractivity contribution < 1.29 is 28.0 Å². The molecule has 88 valence electrons. The van der Waals surface area contributed by atoms with Crippen LogP contribution in [0.5, 0.6) is 5.75 Å². The average Bonchev–Trinajstić information content (AvgIpc) is 2.12. The second kappa shape index (κ2) is 5.02. The molecule has 1 aromatic rings. The fourth-order valence-electron chi connectivity index (χ4n) is 0.951. The van der Waals surface area contributed by atoms with Gasteiger partial charge in [0.15, 0.2) is 6.61 Å². The van der Waals surface area contributed by atoms with Crippen molar-refractivity contribution in [3.05, 3.63) is 16.9 Å². The molecule has 0 aliphatic rings. The van der Waals surface area contributed by atoms with Crippen LogP contribution in [0.25, 0.3) is 0 Å². The van der Waals surface area contributed by atoms with Crippen molar-refractivity contribution in [2.75, 3.05) is 6.61 Å². The minimum absolute atomic E-state index is 0.0159. The molecule has 1 aromatic heterocycles. The molecule has 1 rings (SSSR count). The summed E-state index contributed by atoms with van der Waals surface area (Å²) < 4.78 is 40.1. The lowest BCUT2D eigenvalue weighted by Gasteiger charge is -2.13. The molecule has 1 heterocycles. The summed E-state index contributed by atoms with van der Waals surface area (Å²) in [5.74, 6) is -0.283. The van der Waals surface area contributed by atoms with Crippen LogP contribution in [0.4, 0.5) is 13.2 Å². The second-order valence-corrected chi connectivity index (χ2v) is 3.54. The summed E-state index contributed by atoms with van der Waals surface area (Å²) in [6.07, 6.45) is -3.31. The van der Waals surface area contributed by atoms with Crippen LogP contribution in [0.1, 0.15) is 0 Å². The van der Waals surface area contributed by atoms with E-state index < -0.39 is 19.9 Å². The number of pyridine rings is 1. The Labute approximate surface area is 97.3 Å². The Morgan fingerprint density at radius 3 is 2.56 bits per heavy atom. The molecule has 0 radical (unpaired) electrons. The van der Waals surface area contributed by atoms with Crippen LogP contribution in [0.2, 0.25) is 0 Å². The molecule has 0 unspecified atom stereocenters. The Morgan fingerprint density at radius 1 is 1.44 bits per heavy atom. The number of nitrogens with zero attached hydrogens (tertiary/aromatic N) is 1. The lowest BCUT2D eigenvalue weighted by molar-refractivity contribution is -0.153. The number of hydrogen-bond acceptors (Lipinski definition) is 4. The summed E-state index contributed by atoms with van der Waals surface area (Å²) in [6, 6.07) is 1.12. The Kier molecular flexibility index (Phi) is 4.17. The molecular formula is C7H6BBrF3NO3. The molecule has 0 saturated heterocycles. The number of ether oxygens (including phenoxy) is 1. The molecule has 0 aliphatic heterocycles. The number of alkyl halides is 3. The first-order chi connectivity index (χ1) is 7.31. The average molecular weight is 300 g/mol. The van der Waals surface area contributed by atoms with E-state index in [0.29, 0.717) is 0 Å². The van der Waals surface area contributed by atoms with Gasteiger partial charge in [0, 0.05) is 6.20 Å². The molecule has 0 aliphatic carbocycles. The van der Waals surface area contributed by atoms with Crippen LogP contribution in [0.15, 0.2) is 16.9 Å². The molecule has 0 spiro atoms. The Morgan fingerprint density at radius 2 is 2.06 bits per heavy atom. The monoisotopic (exact) mass is 299 g/mol. The highest BCUT2D eigenvalue weighted by molar-refractivity contribution is 9.10. The first-order valence-electron chi connectivity index (χ1n) is 4.01. The van der Waals surface area contributed by atoms with E-state index in [1.54, 1.807) is 0 Å². The quantitative estimate of drug-likeness (QED) is 0.629. The van der Waals surface area contributed by atoms with Crippen molar-refractivity contribution in [1.29, 1.82) is 0 Å². The molecule has 0 atom stereocenters. The van der Waals surface area contributed by atoms with Crippen molar-refractivity contribution in [1.82, 2.24) is 4.98 Å². The topological polar surface area (TPSA) is 62.6 Å². The molecule has 16 heavy (non-hydrogen) atoms. The minimum atomic E-state index is -4.49. The van der Waals surface area contributed by atoms with Crippen molar-refractivity contribution in [3.8, 4) is 5.75 Å². The zero-order chi connectivity index (χ0) is 12.3. The zero-order valence-corrected chi connectivity index (χ0v) is 9.29. The second-order valence-electron chi connectivity index (χ2n) is 2.79. The summed E-state index contributed by atoms with van der Waals surface area (Å²) in [6.45, 7) is -1.51. The predicted molar refractivity (Wildman–Crippen MR) is 53.3 cm³/mol.